The highest BCUT2D eigenvalue weighted by molar-refractivity contribution is 5.83. The van der Waals surface area contributed by atoms with Crippen molar-refractivity contribution in [2.24, 2.45) is 5.73 Å². The normalized spacial score (nSPS) is 13.8. The van der Waals surface area contributed by atoms with E-state index in [1.807, 2.05) is 0 Å². The molecule has 0 aliphatic carbocycles. The van der Waals surface area contributed by atoms with Gasteiger partial charge in [0, 0.05) is 11.4 Å². The zero-order valence-corrected chi connectivity index (χ0v) is 9.49. The van der Waals surface area contributed by atoms with E-state index in [1.165, 1.54) is 6.07 Å². The van der Waals surface area contributed by atoms with Crippen LogP contribution >= 0.6 is 0 Å². The SMILES string of the molecule is CC(N)c1nc(N)nc2ccc(C(F)(F)F)cc12. The maximum Gasteiger partial charge on any atom is 0.416 e. The summed E-state index contributed by atoms with van der Waals surface area (Å²) in [6.45, 7) is 1.63. The van der Waals surface area contributed by atoms with Gasteiger partial charge in [-0.05, 0) is 25.1 Å². The Morgan fingerprint density at radius 2 is 1.89 bits per heavy atom. The van der Waals surface area contributed by atoms with E-state index in [2.05, 4.69) is 9.97 Å². The van der Waals surface area contributed by atoms with Gasteiger partial charge in [0.05, 0.1) is 16.8 Å². The van der Waals surface area contributed by atoms with Gasteiger partial charge in [-0.2, -0.15) is 13.2 Å². The van der Waals surface area contributed by atoms with Crippen LogP contribution in [0.1, 0.15) is 24.2 Å². The van der Waals surface area contributed by atoms with Crippen LogP contribution < -0.4 is 11.5 Å². The van der Waals surface area contributed by atoms with Crippen LogP contribution in [0.3, 0.4) is 0 Å². The summed E-state index contributed by atoms with van der Waals surface area (Å²) in [7, 11) is 0. The molecule has 0 amide bonds. The first-order valence-corrected chi connectivity index (χ1v) is 5.19. The molecular formula is C11H11F3N4. The van der Waals surface area contributed by atoms with E-state index in [-0.39, 0.29) is 11.3 Å². The van der Waals surface area contributed by atoms with Gasteiger partial charge >= 0.3 is 6.18 Å². The van der Waals surface area contributed by atoms with E-state index >= 15 is 0 Å². The van der Waals surface area contributed by atoms with E-state index in [1.54, 1.807) is 6.92 Å². The molecule has 0 saturated carbocycles. The number of halogens is 3. The van der Waals surface area contributed by atoms with Crippen LogP contribution in [0.4, 0.5) is 19.1 Å². The molecule has 0 spiro atoms. The number of hydrogen-bond acceptors (Lipinski definition) is 4. The van der Waals surface area contributed by atoms with Gasteiger partial charge in [0.25, 0.3) is 0 Å². The van der Waals surface area contributed by atoms with Gasteiger partial charge in [0.1, 0.15) is 0 Å². The minimum absolute atomic E-state index is 0.00504. The molecule has 0 radical (unpaired) electrons. The summed E-state index contributed by atoms with van der Waals surface area (Å²) in [6.07, 6.45) is -4.41. The standard InChI is InChI=1S/C11H11F3N4/c1-5(15)9-7-4-6(11(12,13)14)2-3-8(7)17-10(16)18-9/h2-5H,15H2,1H3,(H2,16,17,18). The van der Waals surface area contributed by atoms with Crippen molar-refractivity contribution < 1.29 is 13.2 Å². The second-order valence-corrected chi connectivity index (χ2v) is 3.99. The Morgan fingerprint density at radius 1 is 1.22 bits per heavy atom. The number of aromatic nitrogens is 2. The van der Waals surface area contributed by atoms with Crippen LogP contribution in [0.15, 0.2) is 18.2 Å². The van der Waals surface area contributed by atoms with Crippen molar-refractivity contribution in [1.82, 2.24) is 9.97 Å². The lowest BCUT2D eigenvalue weighted by molar-refractivity contribution is -0.137. The molecule has 1 atom stereocenters. The highest BCUT2D eigenvalue weighted by Gasteiger charge is 2.31. The van der Waals surface area contributed by atoms with Crippen molar-refractivity contribution in [3.63, 3.8) is 0 Å². The van der Waals surface area contributed by atoms with Crippen molar-refractivity contribution in [2.75, 3.05) is 5.73 Å². The molecule has 0 saturated heterocycles. The molecule has 0 aliphatic heterocycles. The molecule has 7 heteroatoms. The summed E-state index contributed by atoms with van der Waals surface area (Å²) in [5, 5.41) is 0.272. The number of fused-ring (bicyclic) bond motifs is 1. The van der Waals surface area contributed by atoms with E-state index in [4.69, 9.17) is 11.5 Å². The largest absolute Gasteiger partial charge is 0.416 e. The molecule has 4 N–H and O–H groups in total. The van der Waals surface area contributed by atoms with Gasteiger partial charge in [0.15, 0.2) is 0 Å². The summed E-state index contributed by atoms with van der Waals surface area (Å²) >= 11 is 0. The molecule has 2 aromatic rings. The van der Waals surface area contributed by atoms with Crippen LogP contribution in [0.25, 0.3) is 10.9 Å². The van der Waals surface area contributed by atoms with Crippen LogP contribution in [0.2, 0.25) is 0 Å². The molecular weight excluding hydrogens is 245 g/mol. The first-order chi connectivity index (χ1) is 8.29. The Hall–Kier alpha value is -1.89. The summed E-state index contributed by atoms with van der Waals surface area (Å²) in [5.41, 5.74) is 11.1. The molecule has 0 bridgehead atoms. The summed E-state index contributed by atoms with van der Waals surface area (Å²) in [5.74, 6) is -0.00504. The summed E-state index contributed by atoms with van der Waals surface area (Å²) in [6, 6.07) is 2.69. The third-order valence-corrected chi connectivity index (χ3v) is 2.50. The predicted octanol–water partition coefficient (Wildman–Crippen LogP) is 2.25. The zero-order chi connectivity index (χ0) is 13.5. The van der Waals surface area contributed by atoms with Crippen LogP contribution in [-0.4, -0.2) is 9.97 Å². The number of nitrogens with zero attached hydrogens (tertiary/aromatic N) is 2. The molecule has 4 nitrogen and oxygen atoms in total. The molecule has 2 rings (SSSR count). The van der Waals surface area contributed by atoms with Gasteiger partial charge < -0.3 is 11.5 Å². The first-order valence-electron chi connectivity index (χ1n) is 5.19. The number of nitrogen functional groups attached to an aromatic ring is 1. The number of hydrogen-bond donors (Lipinski definition) is 2. The van der Waals surface area contributed by atoms with Crippen LogP contribution in [-0.2, 0) is 6.18 Å². The average Bonchev–Trinajstić information content (AvgIpc) is 2.25. The Morgan fingerprint density at radius 3 is 2.44 bits per heavy atom. The minimum Gasteiger partial charge on any atom is -0.368 e. The van der Waals surface area contributed by atoms with E-state index in [0.717, 1.165) is 12.1 Å². The second-order valence-electron chi connectivity index (χ2n) is 3.99. The molecule has 0 aliphatic rings. The smallest absolute Gasteiger partial charge is 0.368 e. The van der Waals surface area contributed by atoms with Crippen molar-refractivity contribution >= 4 is 16.9 Å². The molecule has 1 aromatic heterocycles. The van der Waals surface area contributed by atoms with Crippen molar-refractivity contribution in [1.29, 1.82) is 0 Å². The average molecular weight is 256 g/mol. The maximum atomic E-state index is 12.6. The van der Waals surface area contributed by atoms with Gasteiger partial charge in [-0.3, -0.25) is 0 Å². The van der Waals surface area contributed by atoms with Gasteiger partial charge in [-0.25, -0.2) is 9.97 Å². The molecule has 1 unspecified atom stereocenters. The monoisotopic (exact) mass is 256 g/mol. The van der Waals surface area contributed by atoms with Gasteiger partial charge in [-0.1, -0.05) is 0 Å². The fraction of sp³-hybridized carbons (Fsp3) is 0.273. The predicted molar refractivity (Wildman–Crippen MR) is 61.6 cm³/mol. The van der Waals surface area contributed by atoms with E-state index in [9.17, 15) is 13.2 Å². The quantitative estimate of drug-likeness (QED) is 0.820. The van der Waals surface area contributed by atoms with Gasteiger partial charge in [-0.15, -0.1) is 0 Å². The Balaban J connectivity index is 2.75. The Kier molecular flexibility index (Phi) is 2.86. The highest BCUT2D eigenvalue weighted by atomic mass is 19.4. The lowest BCUT2D eigenvalue weighted by Gasteiger charge is -2.12. The third-order valence-electron chi connectivity index (χ3n) is 2.50. The second kappa shape index (κ2) is 4.09. The number of anilines is 1. The van der Waals surface area contributed by atoms with Crippen LogP contribution in [0, 0.1) is 0 Å². The van der Waals surface area contributed by atoms with Crippen LogP contribution in [0.5, 0.6) is 0 Å². The van der Waals surface area contributed by atoms with Gasteiger partial charge in [0.2, 0.25) is 5.95 Å². The molecule has 96 valence electrons. The van der Waals surface area contributed by atoms with Crippen molar-refractivity contribution in [3.05, 3.63) is 29.5 Å². The molecule has 1 heterocycles. The molecule has 0 fully saturated rings. The Labute approximate surface area is 101 Å². The molecule has 18 heavy (non-hydrogen) atoms. The minimum atomic E-state index is -4.41. The first kappa shape index (κ1) is 12.6. The van der Waals surface area contributed by atoms with E-state index < -0.39 is 17.8 Å². The highest BCUT2D eigenvalue weighted by Crippen LogP contribution is 2.32. The zero-order valence-electron chi connectivity index (χ0n) is 9.49. The number of rotatable bonds is 1. The number of alkyl halides is 3. The number of benzene rings is 1. The topological polar surface area (TPSA) is 77.8 Å². The third kappa shape index (κ3) is 2.21. The Bertz CT molecular complexity index is 593. The lowest BCUT2D eigenvalue weighted by Crippen LogP contribution is -2.12. The summed E-state index contributed by atoms with van der Waals surface area (Å²) in [4.78, 5) is 7.78. The maximum absolute atomic E-state index is 12.6. The number of nitrogens with two attached hydrogens (primary N) is 2. The van der Waals surface area contributed by atoms with E-state index in [0.29, 0.717) is 11.2 Å². The fourth-order valence-corrected chi connectivity index (χ4v) is 1.69. The lowest BCUT2D eigenvalue weighted by atomic mass is 10.1. The fourth-order valence-electron chi connectivity index (χ4n) is 1.69. The summed E-state index contributed by atoms with van der Waals surface area (Å²) < 4.78 is 37.9. The van der Waals surface area contributed by atoms with Crippen molar-refractivity contribution in [3.8, 4) is 0 Å². The van der Waals surface area contributed by atoms with Crippen molar-refractivity contribution in [2.45, 2.75) is 19.1 Å². The molecule has 1 aromatic carbocycles.